The van der Waals surface area contributed by atoms with Crippen LogP contribution in [0.5, 0.6) is 0 Å². The minimum atomic E-state index is 0.168. The molecule has 0 heterocycles. The number of carbonyl (C=O) groups is 1. The molecule has 2 saturated carbocycles. The second-order valence-corrected chi connectivity index (χ2v) is 5.22. The molecular weight excluding hydrogens is 200 g/mol. The zero-order chi connectivity index (χ0) is 11.4. The quantitative estimate of drug-likeness (QED) is 0.782. The van der Waals surface area contributed by atoms with Crippen molar-refractivity contribution in [2.45, 2.75) is 57.9 Å². The summed E-state index contributed by atoms with van der Waals surface area (Å²) in [6.07, 6.45) is 9.01. The molecule has 16 heavy (non-hydrogen) atoms. The number of hydrogen-bond donors (Lipinski definition) is 1. The Bertz CT molecular complexity index is 232. The van der Waals surface area contributed by atoms with Crippen LogP contribution in [0.25, 0.3) is 0 Å². The number of nitrogens with zero attached hydrogens (tertiary/aromatic N) is 1. The molecule has 0 unspecified atom stereocenters. The second kappa shape index (κ2) is 5.55. The Balaban J connectivity index is 1.91. The predicted octanol–water partition coefficient (Wildman–Crippen LogP) is 2.76. The van der Waals surface area contributed by atoms with Crippen LogP contribution in [-0.4, -0.2) is 30.1 Å². The van der Waals surface area contributed by atoms with Crippen molar-refractivity contribution >= 4 is 6.03 Å². The van der Waals surface area contributed by atoms with E-state index in [-0.39, 0.29) is 6.03 Å². The summed E-state index contributed by atoms with van der Waals surface area (Å²) in [7, 11) is 0. The van der Waals surface area contributed by atoms with Gasteiger partial charge in [-0.05, 0) is 38.5 Å². The third kappa shape index (κ3) is 3.13. The highest BCUT2D eigenvalue weighted by Gasteiger charge is 2.31. The highest BCUT2D eigenvalue weighted by molar-refractivity contribution is 5.74. The molecule has 0 spiro atoms. The molecule has 2 fully saturated rings. The largest absolute Gasteiger partial charge is 0.338 e. The van der Waals surface area contributed by atoms with Crippen LogP contribution >= 0.6 is 0 Å². The normalized spacial score (nSPS) is 21.8. The van der Waals surface area contributed by atoms with Gasteiger partial charge in [0, 0.05) is 19.1 Å². The van der Waals surface area contributed by atoms with E-state index < -0.39 is 0 Å². The van der Waals surface area contributed by atoms with Gasteiger partial charge in [-0.3, -0.25) is 0 Å². The van der Waals surface area contributed by atoms with Crippen LogP contribution < -0.4 is 5.32 Å². The van der Waals surface area contributed by atoms with Crippen molar-refractivity contribution in [2.75, 3.05) is 13.1 Å². The standard InChI is InChI=1S/C13H24N2O/c1-2-14-13(16)15(10-11-8-9-11)12-6-4-3-5-7-12/h11-12H,2-10H2,1H3,(H,14,16). The Morgan fingerprint density at radius 2 is 1.88 bits per heavy atom. The fraction of sp³-hybridized carbons (Fsp3) is 0.923. The molecule has 0 aliphatic heterocycles. The van der Waals surface area contributed by atoms with E-state index in [0.717, 1.165) is 19.0 Å². The Hall–Kier alpha value is -0.730. The molecule has 3 heteroatoms. The van der Waals surface area contributed by atoms with Gasteiger partial charge in [0.2, 0.25) is 0 Å². The molecule has 0 aromatic rings. The third-order valence-corrected chi connectivity index (χ3v) is 3.76. The van der Waals surface area contributed by atoms with E-state index >= 15 is 0 Å². The van der Waals surface area contributed by atoms with Gasteiger partial charge < -0.3 is 10.2 Å². The number of carbonyl (C=O) groups excluding carboxylic acids is 1. The smallest absolute Gasteiger partial charge is 0.317 e. The summed E-state index contributed by atoms with van der Waals surface area (Å²) in [6, 6.07) is 0.683. The summed E-state index contributed by atoms with van der Waals surface area (Å²) in [5, 5.41) is 2.96. The SMILES string of the molecule is CCNC(=O)N(CC1CC1)C1CCCCC1. The number of hydrogen-bond acceptors (Lipinski definition) is 1. The molecule has 0 radical (unpaired) electrons. The van der Waals surface area contributed by atoms with E-state index in [0.29, 0.717) is 6.04 Å². The third-order valence-electron chi connectivity index (χ3n) is 3.76. The lowest BCUT2D eigenvalue weighted by Gasteiger charge is -2.34. The van der Waals surface area contributed by atoms with Gasteiger partial charge in [-0.1, -0.05) is 19.3 Å². The lowest BCUT2D eigenvalue weighted by molar-refractivity contribution is 0.152. The van der Waals surface area contributed by atoms with Crippen LogP contribution in [0.4, 0.5) is 4.79 Å². The fourth-order valence-electron chi connectivity index (χ4n) is 2.62. The van der Waals surface area contributed by atoms with E-state index in [2.05, 4.69) is 10.2 Å². The Labute approximate surface area is 98.6 Å². The highest BCUT2D eigenvalue weighted by atomic mass is 16.2. The molecule has 1 N–H and O–H groups in total. The van der Waals surface area contributed by atoms with Gasteiger partial charge in [-0.15, -0.1) is 0 Å². The van der Waals surface area contributed by atoms with Crippen LogP contribution in [0.3, 0.4) is 0 Å². The first kappa shape index (κ1) is 11.7. The van der Waals surface area contributed by atoms with Crippen molar-refractivity contribution in [2.24, 2.45) is 5.92 Å². The first-order chi connectivity index (χ1) is 7.81. The maximum Gasteiger partial charge on any atom is 0.317 e. The molecule has 2 aliphatic carbocycles. The van der Waals surface area contributed by atoms with Gasteiger partial charge in [-0.2, -0.15) is 0 Å². The predicted molar refractivity (Wildman–Crippen MR) is 65.4 cm³/mol. The van der Waals surface area contributed by atoms with Crippen LogP contribution in [0.2, 0.25) is 0 Å². The van der Waals surface area contributed by atoms with E-state index in [1.807, 2.05) is 6.92 Å². The van der Waals surface area contributed by atoms with Gasteiger partial charge in [0.05, 0.1) is 0 Å². The molecule has 3 nitrogen and oxygen atoms in total. The van der Waals surface area contributed by atoms with Gasteiger partial charge in [-0.25, -0.2) is 4.79 Å². The molecule has 2 aliphatic rings. The molecule has 0 aromatic heterocycles. The van der Waals surface area contributed by atoms with Crippen molar-refractivity contribution in [3.63, 3.8) is 0 Å². The summed E-state index contributed by atoms with van der Waals surface area (Å²) in [4.78, 5) is 14.1. The van der Waals surface area contributed by atoms with E-state index in [9.17, 15) is 4.79 Å². The van der Waals surface area contributed by atoms with Crippen molar-refractivity contribution in [3.8, 4) is 0 Å². The summed E-state index contributed by atoms with van der Waals surface area (Å²) in [5.41, 5.74) is 0. The van der Waals surface area contributed by atoms with E-state index in [1.54, 1.807) is 0 Å². The van der Waals surface area contributed by atoms with Gasteiger partial charge in [0.25, 0.3) is 0 Å². The van der Waals surface area contributed by atoms with Crippen molar-refractivity contribution in [1.82, 2.24) is 10.2 Å². The summed E-state index contributed by atoms with van der Waals surface area (Å²) >= 11 is 0. The molecule has 0 atom stereocenters. The van der Waals surface area contributed by atoms with Crippen molar-refractivity contribution < 1.29 is 4.79 Å². The molecule has 92 valence electrons. The molecule has 0 bridgehead atoms. The second-order valence-electron chi connectivity index (χ2n) is 5.22. The maximum absolute atomic E-state index is 12.0. The van der Waals surface area contributed by atoms with Gasteiger partial charge >= 0.3 is 6.03 Å². The lowest BCUT2D eigenvalue weighted by atomic mass is 9.94. The number of nitrogens with one attached hydrogen (secondary N) is 1. The molecule has 2 rings (SSSR count). The van der Waals surface area contributed by atoms with Gasteiger partial charge in [0.15, 0.2) is 0 Å². The Morgan fingerprint density at radius 1 is 1.19 bits per heavy atom. The van der Waals surface area contributed by atoms with E-state index in [4.69, 9.17) is 0 Å². The maximum atomic E-state index is 12.0. The first-order valence-corrected chi connectivity index (χ1v) is 6.85. The topological polar surface area (TPSA) is 32.3 Å². The molecule has 0 saturated heterocycles. The summed E-state index contributed by atoms with van der Waals surface area (Å²) < 4.78 is 0. The number of urea groups is 1. The Kier molecular flexibility index (Phi) is 4.08. The molecule has 2 amide bonds. The summed E-state index contributed by atoms with van der Waals surface area (Å²) in [6.45, 7) is 3.73. The van der Waals surface area contributed by atoms with Crippen LogP contribution in [0.1, 0.15) is 51.9 Å². The summed E-state index contributed by atoms with van der Waals surface area (Å²) in [5.74, 6) is 0.796. The van der Waals surface area contributed by atoms with Gasteiger partial charge in [0.1, 0.15) is 0 Å². The monoisotopic (exact) mass is 224 g/mol. The van der Waals surface area contributed by atoms with Crippen molar-refractivity contribution in [1.29, 1.82) is 0 Å². The van der Waals surface area contributed by atoms with E-state index in [1.165, 1.54) is 44.9 Å². The highest BCUT2D eigenvalue weighted by Crippen LogP contribution is 2.32. The van der Waals surface area contributed by atoms with Crippen LogP contribution in [-0.2, 0) is 0 Å². The molecular formula is C13H24N2O. The zero-order valence-electron chi connectivity index (χ0n) is 10.4. The minimum Gasteiger partial charge on any atom is -0.338 e. The van der Waals surface area contributed by atoms with Crippen LogP contribution in [0.15, 0.2) is 0 Å². The fourth-order valence-corrected chi connectivity index (χ4v) is 2.62. The first-order valence-electron chi connectivity index (χ1n) is 6.85. The number of rotatable bonds is 4. The zero-order valence-corrected chi connectivity index (χ0v) is 10.4. The average Bonchev–Trinajstić information content (AvgIpc) is 3.11. The minimum absolute atomic E-state index is 0.168. The number of amides is 2. The molecule has 0 aromatic carbocycles. The Morgan fingerprint density at radius 3 is 2.44 bits per heavy atom. The van der Waals surface area contributed by atoms with Crippen molar-refractivity contribution in [3.05, 3.63) is 0 Å². The lowest BCUT2D eigenvalue weighted by Crippen LogP contribution is -2.47. The van der Waals surface area contributed by atoms with Crippen LogP contribution in [0, 0.1) is 5.92 Å². The average molecular weight is 224 g/mol.